The minimum absolute atomic E-state index is 0.0934. The predicted octanol–water partition coefficient (Wildman–Crippen LogP) is 2.67. The molecule has 0 fully saturated rings. The quantitative estimate of drug-likeness (QED) is 0.938. The van der Waals surface area contributed by atoms with Crippen LogP contribution in [0.25, 0.3) is 0 Å². The van der Waals surface area contributed by atoms with E-state index in [1.165, 1.54) is 11.1 Å². The molecule has 1 aliphatic rings. The van der Waals surface area contributed by atoms with Gasteiger partial charge in [-0.3, -0.25) is 0 Å². The lowest BCUT2D eigenvalue weighted by molar-refractivity contribution is 0.0962. The van der Waals surface area contributed by atoms with Gasteiger partial charge in [0, 0.05) is 12.6 Å². The molecule has 0 unspecified atom stereocenters. The second-order valence-electron chi connectivity index (χ2n) is 5.11. The molecule has 3 rings (SSSR count). The summed E-state index contributed by atoms with van der Waals surface area (Å²) in [5, 5.41) is 0. The third-order valence-corrected chi connectivity index (χ3v) is 3.55. The fourth-order valence-corrected chi connectivity index (χ4v) is 2.24. The summed E-state index contributed by atoms with van der Waals surface area (Å²) >= 11 is 0. The molecule has 2 aromatic carbocycles. The molecule has 0 saturated heterocycles. The van der Waals surface area contributed by atoms with E-state index < -0.39 is 0 Å². The smallest absolute Gasteiger partial charge is 0.165 e. The normalized spacial score (nSPS) is 16.6. The van der Waals surface area contributed by atoms with Gasteiger partial charge in [-0.2, -0.15) is 0 Å². The number of ether oxygens (including phenoxy) is 3. The highest BCUT2D eigenvalue weighted by atomic mass is 16.6. The van der Waals surface area contributed by atoms with Crippen LogP contribution in [-0.2, 0) is 6.61 Å². The Balaban J connectivity index is 1.71. The summed E-state index contributed by atoms with van der Waals surface area (Å²) in [5.74, 6) is 2.19. The molecule has 2 N–H and O–H groups in total. The van der Waals surface area contributed by atoms with Crippen LogP contribution >= 0.6 is 0 Å². The van der Waals surface area contributed by atoms with Crippen molar-refractivity contribution in [3.05, 3.63) is 53.6 Å². The zero-order valence-electron chi connectivity index (χ0n) is 12.0. The third-order valence-electron chi connectivity index (χ3n) is 3.55. The Morgan fingerprint density at radius 2 is 2.05 bits per heavy atom. The van der Waals surface area contributed by atoms with Crippen LogP contribution in [0.5, 0.6) is 17.2 Å². The van der Waals surface area contributed by atoms with E-state index in [0.29, 0.717) is 25.5 Å². The minimum atomic E-state index is -0.0934. The van der Waals surface area contributed by atoms with Crippen molar-refractivity contribution in [2.45, 2.75) is 19.6 Å². The van der Waals surface area contributed by atoms with Crippen molar-refractivity contribution in [1.82, 2.24) is 0 Å². The maximum atomic E-state index is 5.84. The number of rotatable bonds is 4. The molecule has 0 bridgehead atoms. The lowest BCUT2D eigenvalue weighted by Crippen LogP contribution is -2.35. The molecule has 110 valence electrons. The van der Waals surface area contributed by atoms with Crippen LogP contribution in [0.2, 0.25) is 0 Å². The number of aryl methyl sites for hydroxylation is 1. The van der Waals surface area contributed by atoms with Gasteiger partial charge in [0.2, 0.25) is 0 Å². The number of fused-ring (bicyclic) bond motifs is 1. The SMILES string of the molecule is Cc1ccccc1COc1ccc2c(c1)O[C@H](CN)CO2. The van der Waals surface area contributed by atoms with Crippen molar-refractivity contribution in [2.75, 3.05) is 13.2 Å². The highest BCUT2D eigenvalue weighted by molar-refractivity contribution is 5.46. The van der Waals surface area contributed by atoms with Crippen LogP contribution in [-0.4, -0.2) is 19.3 Å². The van der Waals surface area contributed by atoms with Gasteiger partial charge in [0.05, 0.1) is 0 Å². The van der Waals surface area contributed by atoms with E-state index in [0.717, 1.165) is 11.5 Å². The fourth-order valence-electron chi connectivity index (χ4n) is 2.24. The van der Waals surface area contributed by atoms with E-state index in [2.05, 4.69) is 19.1 Å². The van der Waals surface area contributed by atoms with Gasteiger partial charge in [-0.25, -0.2) is 0 Å². The number of benzene rings is 2. The number of hydrogen-bond donors (Lipinski definition) is 1. The van der Waals surface area contributed by atoms with Gasteiger partial charge in [-0.1, -0.05) is 24.3 Å². The van der Waals surface area contributed by atoms with E-state index in [1.54, 1.807) is 0 Å². The molecule has 1 aliphatic heterocycles. The van der Waals surface area contributed by atoms with Gasteiger partial charge in [-0.05, 0) is 30.2 Å². The van der Waals surface area contributed by atoms with Gasteiger partial charge >= 0.3 is 0 Å². The first kappa shape index (κ1) is 13.8. The Kier molecular flexibility index (Phi) is 3.97. The van der Waals surface area contributed by atoms with Gasteiger partial charge < -0.3 is 19.9 Å². The molecule has 0 amide bonds. The van der Waals surface area contributed by atoms with Crippen molar-refractivity contribution >= 4 is 0 Å². The largest absolute Gasteiger partial charge is 0.489 e. The van der Waals surface area contributed by atoms with Crippen molar-refractivity contribution < 1.29 is 14.2 Å². The maximum absolute atomic E-state index is 5.84. The molecular weight excluding hydrogens is 266 g/mol. The second-order valence-corrected chi connectivity index (χ2v) is 5.11. The fraction of sp³-hybridized carbons (Fsp3) is 0.294. The molecule has 0 saturated carbocycles. The zero-order valence-corrected chi connectivity index (χ0v) is 12.0. The summed E-state index contributed by atoms with van der Waals surface area (Å²) in [5.41, 5.74) is 8.01. The molecule has 0 aromatic heterocycles. The Labute approximate surface area is 124 Å². The molecule has 21 heavy (non-hydrogen) atoms. The maximum Gasteiger partial charge on any atom is 0.165 e. The summed E-state index contributed by atoms with van der Waals surface area (Å²) in [6.45, 7) is 3.54. The average molecular weight is 285 g/mol. The lowest BCUT2D eigenvalue weighted by atomic mass is 10.1. The highest BCUT2D eigenvalue weighted by Gasteiger charge is 2.20. The molecule has 0 aliphatic carbocycles. The van der Waals surface area contributed by atoms with Crippen LogP contribution in [0, 0.1) is 6.92 Å². The highest BCUT2D eigenvalue weighted by Crippen LogP contribution is 2.35. The van der Waals surface area contributed by atoms with Crippen molar-refractivity contribution in [3.8, 4) is 17.2 Å². The molecule has 1 atom stereocenters. The van der Waals surface area contributed by atoms with E-state index >= 15 is 0 Å². The first-order valence-electron chi connectivity index (χ1n) is 7.07. The number of nitrogens with two attached hydrogens (primary N) is 1. The summed E-state index contributed by atoms with van der Waals surface area (Å²) in [7, 11) is 0. The van der Waals surface area contributed by atoms with E-state index in [1.807, 2.05) is 30.3 Å². The van der Waals surface area contributed by atoms with E-state index in [-0.39, 0.29) is 6.10 Å². The Morgan fingerprint density at radius 1 is 1.19 bits per heavy atom. The van der Waals surface area contributed by atoms with Crippen molar-refractivity contribution in [1.29, 1.82) is 0 Å². The molecule has 2 aromatic rings. The van der Waals surface area contributed by atoms with Crippen LogP contribution in [0.15, 0.2) is 42.5 Å². The zero-order chi connectivity index (χ0) is 14.7. The van der Waals surface area contributed by atoms with Crippen molar-refractivity contribution in [3.63, 3.8) is 0 Å². The second kappa shape index (κ2) is 6.06. The predicted molar refractivity (Wildman–Crippen MR) is 80.9 cm³/mol. The molecule has 0 radical (unpaired) electrons. The van der Waals surface area contributed by atoms with Crippen molar-refractivity contribution in [2.24, 2.45) is 5.73 Å². The van der Waals surface area contributed by atoms with Gasteiger partial charge in [-0.15, -0.1) is 0 Å². The topological polar surface area (TPSA) is 53.7 Å². The van der Waals surface area contributed by atoms with Gasteiger partial charge in [0.15, 0.2) is 11.5 Å². The van der Waals surface area contributed by atoms with Crippen LogP contribution in [0.1, 0.15) is 11.1 Å². The minimum Gasteiger partial charge on any atom is -0.489 e. The molecule has 1 heterocycles. The Hall–Kier alpha value is -2.20. The van der Waals surface area contributed by atoms with Crippen LogP contribution < -0.4 is 19.9 Å². The number of hydrogen-bond acceptors (Lipinski definition) is 4. The summed E-state index contributed by atoms with van der Waals surface area (Å²) < 4.78 is 17.2. The van der Waals surface area contributed by atoms with Crippen LogP contribution in [0.3, 0.4) is 0 Å². The summed E-state index contributed by atoms with van der Waals surface area (Å²) in [6, 6.07) is 13.8. The van der Waals surface area contributed by atoms with E-state index in [9.17, 15) is 0 Å². The van der Waals surface area contributed by atoms with E-state index in [4.69, 9.17) is 19.9 Å². The molecule has 4 nitrogen and oxygen atoms in total. The summed E-state index contributed by atoms with van der Waals surface area (Å²) in [6.07, 6.45) is -0.0934. The van der Waals surface area contributed by atoms with Gasteiger partial charge in [0.25, 0.3) is 0 Å². The third kappa shape index (κ3) is 3.11. The molecular formula is C17H19NO3. The first-order valence-corrected chi connectivity index (χ1v) is 7.07. The lowest BCUT2D eigenvalue weighted by Gasteiger charge is -2.25. The van der Waals surface area contributed by atoms with Crippen LogP contribution in [0.4, 0.5) is 0 Å². The standard InChI is InChI=1S/C17H19NO3/c1-12-4-2-3-5-13(12)10-19-14-6-7-16-17(8-14)21-15(9-18)11-20-16/h2-8,15H,9-11,18H2,1H3/t15-/m1/s1. The average Bonchev–Trinajstić information content (AvgIpc) is 2.53. The molecule has 0 spiro atoms. The van der Waals surface area contributed by atoms with Gasteiger partial charge in [0.1, 0.15) is 25.1 Å². The molecule has 4 heteroatoms. The Morgan fingerprint density at radius 3 is 2.86 bits per heavy atom. The Bertz CT molecular complexity index is 627. The first-order chi connectivity index (χ1) is 10.3. The monoisotopic (exact) mass is 285 g/mol. The summed E-state index contributed by atoms with van der Waals surface area (Å²) in [4.78, 5) is 0.